The van der Waals surface area contributed by atoms with E-state index >= 15 is 0 Å². The van der Waals surface area contributed by atoms with Crippen LogP contribution in [0.4, 0.5) is 0 Å². The SMILES string of the molecule is CCCCCCCCC1(CCCCCCCC)c2ccccc2-c2ccc(-c3cc4ccccc4cn3)cc21. The molecular weight excluding hydrogens is 470 g/mol. The molecule has 204 valence electrons. The quantitative estimate of drug-likeness (QED) is 0.143. The summed E-state index contributed by atoms with van der Waals surface area (Å²) in [5, 5.41) is 2.46. The minimum Gasteiger partial charge on any atom is -0.256 e. The van der Waals surface area contributed by atoms with Crippen LogP contribution in [0.1, 0.15) is 115 Å². The molecule has 0 saturated carbocycles. The summed E-state index contributed by atoms with van der Waals surface area (Å²) in [7, 11) is 0. The maximum absolute atomic E-state index is 4.91. The molecule has 0 N–H and O–H groups in total. The Morgan fingerprint density at radius 1 is 0.538 bits per heavy atom. The number of fused-ring (bicyclic) bond motifs is 4. The highest BCUT2D eigenvalue weighted by molar-refractivity contribution is 5.87. The lowest BCUT2D eigenvalue weighted by Gasteiger charge is -2.33. The Bertz CT molecular complexity index is 1330. The molecule has 4 aromatic rings. The van der Waals surface area contributed by atoms with Crippen molar-refractivity contribution in [2.45, 2.75) is 109 Å². The van der Waals surface area contributed by atoms with Crippen LogP contribution in [0.5, 0.6) is 0 Å². The van der Waals surface area contributed by atoms with E-state index in [0.29, 0.717) is 0 Å². The summed E-state index contributed by atoms with van der Waals surface area (Å²) in [6.45, 7) is 4.62. The van der Waals surface area contributed by atoms with Gasteiger partial charge in [0.2, 0.25) is 0 Å². The van der Waals surface area contributed by atoms with Gasteiger partial charge in [-0.25, -0.2) is 0 Å². The maximum Gasteiger partial charge on any atom is 0.0708 e. The zero-order valence-corrected chi connectivity index (χ0v) is 24.4. The van der Waals surface area contributed by atoms with Crippen molar-refractivity contribution in [2.24, 2.45) is 0 Å². The molecule has 1 heteroatoms. The molecule has 0 radical (unpaired) electrons. The van der Waals surface area contributed by atoms with E-state index in [1.54, 1.807) is 11.1 Å². The smallest absolute Gasteiger partial charge is 0.0708 e. The molecule has 0 amide bonds. The Kier molecular flexibility index (Phi) is 9.51. The monoisotopic (exact) mass is 517 g/mol. The van der Waals surface area contributed by atoms with Gasteiger partial charge in [-0.05, 0) is 52.6 Å². The van der Waals surface area contributed by atoms with E-state index in [1.807, 2.05) is 6.20 Å². The molecule has 0 aliphatic heterocycles. The van der Waals surface area contributed by atoms with Crippen molar-refractivity contribution in [3.8, 4) is 22.4 Å². The summed E-state index contributed by atoms with van der Waals surface area (Å²) >= 11 is 0. The van der Waals surface area contributed by atoms with E-state index in [2.05, 4.69) is 86.6 Å². The molecular formula is C38H47N. The van der Waals surface area contributed by atoms with Crippen LogP contribution >= 0.6 is 0 Å². The molecule has 1 nitrogen and oxygen atoms in total. The Hall–Kier alpha value is -2.93. The number of unbranched alkanes of at least 4 members (excludes halogenated alkanes) is 10. The van der Waals surface area contributed by atoms with Gasteiger partial charge in [-0.2, -0.15) is 0 Å². The van der Waals surface area contributed by atoms with Gasteiger partial charge < -0.3 is 0 Å². The summed E-state index contributed by atoms with van der Waals surface area (Å²) in [5.74, 6) is 0. The van der Waals surface area contributed by atoms with Gasteiger partial charge in [0.1, 0.15) is 0 Å². The van der Waals surface area contributed by atoms with Crippen LogP contribution in [-0.2, 0) is 5.41 Å². The summed E-state index contributed by atoms with van der Waals surface area (Å²) in [6, 6.07) is 27.4. The molecule has 1 aromatic heterocycles. The Morgan fingerprint density at radius 3 is 1.85 bits per heavy atom. The normalized spacial score (nSPS) is 13.5. The van der Waals surface area contributed by atoms with E-state index in [4.69, 9.17) is 4.98 Å². The van der Waals surface area contributed by atoms with Gasteiger partial charge in [0.15, 0.2) is 0 Å². The second kappa shape index (κ2) is 13.4. The average Bonchev–Trinajstić information content (AvgIpc) is 3.25. The van der Waals surface area contributed by atoms with Crippen LogP contribution < -0.4 is 0 Å². The molecule has 1 aliphatic rings. The first-order valence-electron chi connectivity index (χ1n) is 15.9. The molecule has 0 fully saturated rings. The third-order valence-corrected chi connectivity index (χ3v) is 9.11. The Morgan fingerprint density at radius 2 is 1.13 bits per heavy atom. The van der Waals surface area contributed by atoms with Gasteiger partial charge in [0.25, 0.3) is 0 Å². The third-order valence-electron chi connectivity index (χ3n) is 9.11. The van der Waals surface area contributed by atoms with Crippen molar-refractivity contribution in [1.82, 2.24) is 4.98 Å². The minimum atomic E-state index is 0.119. The number of aromatic nitrogens is 1. The average molecular weight is 518 g/mol. The van der Waals surface area contributed by atoms with Crippen molar-refractivity contribution in [2.75, 3.05) is 0 Å². The highest BCUT2D eigenvalue weighted by Crippen LogP contribution is 2.54. The zero-order valence-electron chi connectivity index (χ0n) is 24.4. The lowest BCUT2D eigenvalue weighted by molar-refractivity contribution is 0.398. The molecule has 0 saturated heterocycles. The zero-order chi connectivity index (χ0) is 26.9. The molecule has 0 spiro atoms. The first-order chi connectivity index (χ1) is 19.3. The van der Waals surface area contributed by atoms with E-state index in [0.717, 1.165) is 5.69 Å². The molecule has 0 bridgehead atoms. The second-order valence-electron chi connectivity index (χ2n) is 11.8. The highest BCUT2D eigenvalue weighted by Gasteiger charge is 2.42. The first-order valence-corrected chi connectivity index (χ1v) is 15.9. The fraction of sp³-hybridized carbons (Fsp3) is 0.447. The fourth-order valence-electron chi connectivity index (χ4n) is 6.93. The largest absolute Gasteiger partial charge is 0.256 e. The number of rotatable bonds is 15. The van der Waals surface area contributed by atoms with Gasteiger partial charge in [-0.15, -0.1) is 0 Å². The maximum atomic E-state index is 4.91. The first kappa shape index (κ1) is 27.6. The molecule has 1 heterocycles. The standard InChI is InChI=1S/C38H47N/c1-3-5-7-9-11-17-25-38(26-18-12-10-8-6-4-2)35-22-16-15-21-33(35)34-24-23-31(27-36(34)38)37-28-30-19-13-14-20-32(30)29-39-37/h13-16,19-24,27-29H,3-12,17-18,25-26H2,1-2H3. The second-order valence-corrected chi connectivity index (χ2v) is 11.8. The predicted octanol–water partition coefficient (Wildman–Crippen LogP) is 11.7. The summed E-state index contributed by atoms with van der Waals surface area (Å²) in [4.78, 5) is 4.91. The summed E-state index contributed by atoms with van der Waals surface area (Å²) < 4.78 is 0. The third kappa shape index (κ3) is 6.13. The summed E-state index contributed by atoms with van der Waals surface area (Å²) in [6.07, 6.45) is 20.7. The number of benzene rings is 3. The molecule has 39 heavy (non-hydrogen) atoms. The van der Waals surface area contributed by atoms with Crippen LogP contribution in [0.2, 0.25) is 0 Å². The molecule has 3 aromatic carbocycles. The van der Waals surface area contributed by atoms with Crippen molar-refractivity contribution < 1.29 is 0 Å². The van der Waals surface area contributed by atoms with Gasteiger partial charge in [-0.3, -0.25) is 4.98 Å². The van der Waals surface area contributed by atoms with Gasteiger partial charge in [0, 0.05) is 22.6 Å². The van der Waals surface area contributed by atoms with Crippen molar-refractivity contribution in [3.63, 3.8) is 0 Å². The van der Waals surface area contributed by atoms with Crippen molar-refractivity contribution in [3.05, 3.63) is 90.1 Å². The van der Waals surface area contributed by atoms with E-state index in [1.165, 1.54) is 117 Å². The fourth-order valence-corrected chi connectivity index (χ4v) is 6.93. The lowest BCUT2D eigenvalue weighted by Crippen LogP contribution is -2.25. The minimum absolute atomic E-state index is 0.119. The van der Waals surface area contributed by atoms with Crippen LogP contribution in [0.25, 0.3) is 33.2 Å². The number of pyridine rings is 1. The van der Waals surface area contributed by atoms with E-state index < -0.39 is 0 Å². The van der Waals surface area contributed by atoms with E-state index in [9.17, 15) is 0 Å². The molecule has 5 rings (SSSR count). The van der Waals surface area contributed by atoms with E-state index in [-0.39, 0.29) is 5.41 Å². The Labute approximate surface area is 237 Å². The van der Waals surface area contributed by atoms with Crippen LogP contribution in [0.3, 0.4) is 0 Å². The van der Waals surface area contributed by atoms with Crippen molar-refractivity contribution >= 4 is 10.8 Å². The molecule has 0 unspecified atom stereocenters. The molecule has 1 aliphatic carbocycles. The van der Waals surface area contributed by atoms with Crippen LogP contribution in [0, 0.1) is 0 Å². The Balaban J connectivity index is 1.49. The van der Waals surface area contributed by atoms with Gasteiger partial charge in [-0.1, -0.05) is 152 Å². The summed E-state index contributed by atoms with van der Waals surface area (Å²) in [5.41, 5.74) is 8.50. The lowest BCUT2D eigenvalue weighted by atomic mass is 9.70. The number of hydrogen-bond acceptors (Lipinski definition) is 1. The highest BCUT2D eigenvalue weighted by atomic mass is 14.7. The number of nitrogens with zero attached hydrogens (tertiary/aromatic N) is 1. The van der Waals surface area contributed by atoms with Gasteiger partial charge in [0.05, 0.1) is 5.69 Å². The predicted molar refractivity (Wildman–Crippen MR) is 169 cm³/mol. The van der Waals surface area contributed by atoms with Crippen molar-refractivity contribution in [1.29, 1.82) is 0 Å². The molecule has 0 atom stereocenters. The van der Waals surface area contributed by atoms with Crippen LogP contribution in [-0.4, -0.2) is 4.98 Å². The topological polar surface area (TPSA) is 12.9 Å². The van der Waals surface area contributed by atoms with Gasteiger partial charge >= 0.3 is 0 Å². The van der Waals surface area contributed by atoms with Crippen LogP contribution in [0.15, 0.2) is 79.0 Å². The number of hydrogen-bond donors (Lipinski definition) is 0.